The molecule has 7 heteroatoms. The van der Waals surface area contributed by atoms with Crippen LogP contribution in [0.5, 0.6) is 0 Å². The molecule has 0 spiro atoms. The Balaban J connectivity index is 0.00000144. The van der Waals surface area contributed by atoms with Crippen molar-refractivity contribution in [1.29, 1.82) is 0 Å². The van der Waals surface area contributed by atoms with Gasteiger partial charge in [-0.25, -0.2) is 8.78 Å². The Bertz CT molecular complexity index is 348. The number of halogens is 3. The van der Waals surface area contributed by atoms with Gasteiger partial charge in [-0.15, -0.1) is 0 Å². The number of hydrogen-bond donors (Lipinski definition) is 0. The summed E-state index contributed by atoms with van der Waals surface area (Å²) in [7, 11) is 0. The van der Waals surface area contributed by atoms with Crippen molar-refractivity contribution in [2.75, 3.05) is 0 Å². The molecule has 0 bridgehead atoms. The van der Waals surface area contributed by atoms with Crippen LogP contribution in [0.3, 0.4) is 0 Å². The van der Waals surface area contributed by atoms with E-state index in [1.54, 1.807) is 0 Å². The van der Waals surface area contributed by atoms with E-state index in [4.69, 9.17) is 0 Å². The van der Waals surface area contributed by atoms with Crippen LogP contribution >= 0.6 is 15.9 Å². The third-order valence-corrected chi connectivity index (χ3v) is 2.43. The molecule has 0 heterocycles. The van der Waals surface area contributed by atoms with E-state index in [1.165, 1.54) is 0 Å². The third kappa shape index (κ3) is 3.38. The quantitative estimate of drug-likeness (QED) is 0.375. The van der Waals surface area contributed by atoms with Crippen LogP contribution in [-0.4, -0.2) is 8.76 Å². The molecule has 66 valence electrons. The molecule has 0 amide bonds. The van der Waals surface area contributed by atoms with Crippen LogP contribution in [0.2, 0.25) is 0 Å². The number of benzene rings is 1. The van der Waals surface area contributed by atoms with E-state index in [2.05, 4.69) is 15.9 Å². The SMILES string of the molecule is O=S([O-])c1cc(Br)c(F)cc1F.[Na+]. The van der Waals surface area contributed by atoms with Crippen LogP contribution in [0.4, 0.5) is 8.78 Å². The minimum Gasteiger partial charge on any atom is -0.768 e. The molecule has 0 aliphatic rings. The molecule has 0 saturated heterocycles. The summed E-state index contributed by atoms with van der Waals surface area (Å²) in [5.74, 6) is -1.93. The van der Waals surface area contributed by atoms with Crippen LogP contribution < -0.4 is 29.6 Å². The largest absolute Gasteiger partial charge is 1.00 e. The normalized spacial score (nSPS) is 12.0. The van der Waals surface area contributed by atoms with Gasteiger partial charge in [-0.1, -0.05) is 0 Å². The average Bonchev–Trinajstić information content (AvgIpc) is 1.96. The Kier molecular flexibility index (Phi) is 5.81. The van der Waals surface area contributed by atoms with Gasteiger partial charge in [0.05, 0.1) is 9.37 Å². The first-order valence-corrected chi connectivity index (χ1v) is 4.63. The van der Waals surface area contributed by atoms with E-state index in [-0.39, 0.29) is 34.0 Å². The Morgan fingerprint density at radius 1 is 1.31 bits per heavy atom. The number of hydrogen-bond acceptors (Lipinski definition) is 2. The van der Waals surface area contributed by atoms with Gasteiger partial charge in [0.2, 0.25) is 0 Å². The summed E-state index contributed by atoms with van der Waals surface area (Å²) in [6, 6.07) is 1.38. The second-order valence-electron chi connectivity index (χ2n) is 1.93. The minimum absolute atomic E-state index is 0. The predicted octanol–water partition coefficient (Wildman–Crippen LogP) is -1.03. The maximum absolute atomic E-state index is 12.6. The molecule has 2 nitrogen and oxygen atoms in total. The van der Waals surface area contributed by atoms with Crippen LogP contribution in [0.15, 0.2) is 21.5 Å². The minimum atomic E-state index is -2.68. The second-order valence-corrected chi connectivity index (χ2v) is 3.70. The molecule has 0 radical (unpaired) electrons. The van der Waals surface area contributed by atoms with Gasteiger partial charge in [0.25, 0.3) is 0 Å². The fourth-order valence-corrected chi connectivity index (χ4v) is 1.56. The van der Waals surface area contributed by atoms with E-state index in [0.29, 0.717) is 6.07 Å². The first kappa shape index (κ1) is 13.7. The zero-order chi connectivity index (χ0) is 9.30. The monoisotopic (exact) mass is 278 g/mol. The van der Waals surface area contributed by atoms with Gasteiger partial charge in [-0.3, -0.25) is 4.21 Å². The van der Waals surface area contributed by atoms with E-state index in [1.807, 2.05) is 0 Å². The molecule has 1 unspecified atom stereocenters. The molecule has 0 fully saturated rings. The fourth-order valence-electron chi connectivity index (χ4n) is 0.632. The molecule has 0 N–H and O–H groups in total. The van der Waals surface area contributed by atoms with Crippen molar-refractivity contribution in [3.8, 4) is 0 Å². The summed E-state index contributed by atoms with van der Waals surface area (Å²) < 4.78 is 45.7. The van der Waals surface area contributed by atoms with Crippen molar-refractivity contribution in [3.63, 3.8) is 0 Å². The molecule has 0 saturated carbocycles. The van der Waals surface area contributed by atoms with Crippen LogP contribution in [0, 0.1) is 11.6 Å². The van der Waals surface area contributed by atoms with Gasteiger partial charge in [-0.2, -0.15) is 0 Å². The molecule has 1 aromatic carbocycles. The fraction of sp³-hybridized carbons (Fsp3) is 0. The molecule has 1 aromatic rings. The molecular formula is C6H2BrF2NaO2S. The molecule has 1 rings (SSSR count). The van der Waals surface area contributed by atoms with Crippen molar-refractivity contribution >= 4 is 27.0 Å². The zero-order valence-electron chi connectivity index (χ0n) is 6.51. The molecule has 13 heavy (non-hydrogen) atoms. The second kappa shape index (κ2) is 5.53. The van der Waals surface area contributed by atoms with Gasteiger partial charge in [-0.05, 0) is 33.1 Å². The third-order valence-electron chi connectivity index (χ3n) is 1.15. The predicted molar refractivity (Wildman–Crippen MR) is 41.2 cm³/mol. The maximum atomic E-state index is 12.6. The van der Waals surface area contributed by atoms with Crippen LogP contribution in [0.1, 0.15) is 0 Å². The van der Waals surface area contributed by atoms with Gasteiger partial charge < -0.3 is 4.55 Å². The zero-order valence-corrected chi connectivity index (χ0v) is 10.9. The molecule has 0 aliphatic carbocycles. The maximum Gasteiger partial charge on any atom is 1.00 e. The standard InChI is InChI=1S/C6H3BrF2O2S.Na/c7-3-1-6(12(10)11)5(9)2-4(3)8;/h1-2H,(H,10,11);/q;+1/p-1. The Morgan fingerprint density at radius 2 is 1.85 bits per heavy atom. The first-order valence-electron chi connectivity index (χ1n) is 2.76. The summed E-state index contributed by atoms with van der Waals surface area (Å²) >= 11 is 0.0528. The first-order chi connectivity index (χ1) is 5.52. The molecule has 0 aromatic heterocycles. The van der Waals surface area contributed by atoms with E-state index >= 15 is 0 Å². The van der Waals surface area contributed by atoms with Gasteiger partial charge >= 0.3 is 29.6 Å². The van der Waals surface area contributed by atoms with Gasteiger partial charge in [0.1, 0.15) is 11.6 Å². The van der Waals surface area contributed by atoms with Gasteiger partial charge in [0, 0.05) is 6.07 Å². The summed E-state index contributed by atoms with van der Waals surface area (Å²) in [6.07, 6.45) is 0. The van der Waals surface area contributed by atoms with Gasteiger partial charge in [0.15, 0.2) is 0 Å². The molecule has 0 aliphatic heterocycles. The van der Waals surface area contributed by atoms with Crippen molar-refractivity contribution in [2.24, 2.45) is 0 Å². The average molecular weight is 279 g/mol. The number of rotatable bonds is 1. The Morgan fingerprint density at radius 3 is 2.31 bits per heavy atom. The Hall–Kier alpha value is 0.670. The van der Waals surface area contributed by atoms with Crippen molar-refractivity contribution in [3.05, 3.63) is 28.2 Å². The van der Waals surface area contributed by atoms with Crippen LogP contribution in [0.25, 0.3) is 0 Å². The smallest absolute Gasteiger partial charge is 0.768 e. The van der Waals surface area contributed by atoms with Crippen LogP contribution in [-0.2, 0) is 11.1 Å². The van der Waals surface area contributed by atoms with E-state index in [0.717, 1.165) is 6.07 Å². The summed E-state index contributed by atoms with van der Waals surface area (Å²) in [4.78, 5) is -0.553. The summed E-state index contributed by atoms with van der Waals surface area (Å²) in [5.41, 5.74) is 0. The van der Waals surface area contributed by atoms with Crippen molar-refractivity contribution in [1.82, 2.24) is 0 Å². The molecule has 1 atom stereocenters. The Labute approximate surface area is 106 Å². The molecular weight excluding hydrogens is 277 g/mol. The van der Waals surface area contributed by atoms with Crippen molar-refractivity contribution < 1.29 is 47.1 Å². The topological polar surface area (TPSA) is 40.1 Å². The van der Waals surface area contributed by atoms with E-state index in [9.17, 15) is 17.5 Å². The van der Waals surface area contributed by atoms with Crippen molar-refractivity contribution in [2.45, 2.75) is 4.90 Å². The van der Waals surface area contributed by atoms with E-state index < -0.39 is 27.6 Å². The summed E-state index contributed by atoms with van der Waals surface area (Å²) in [6.45, 7) is 0. The summed E-state index contributed by atoms with van der Waals surface area (Å²) in [5, 5.41) is 0.